The Morgan fingerprint density at radius 1 is 1.13 bits per heavy atom. The van der Waals surface area contributed by atoms with Gasteiger partial charge in [-0.3, -0.25) is 14.3 Å². The lowest BCUT2D eigenvalue weighted by Crippen LogP contribution is -2.49. The van der Waals surface area contributed by atoms with E-state index in [2.05, 4.69) is 5.10 Å². The molecule has 0 saturated carbocycles. The lowest BCUT2D eigenvalue weighted by atomic mass is 10.1. The highest BCUT2D eigenvalue weighted by Gasteiger charge is 2.64. The number of aromatic nitrogens is 2. The molecule has 3 atom stereocenters. The number of ether oxygens (including phenoxy) is 1. The summed E-state index contributed by atoms with van der Waals surface area (Å²) >= 11 is 0. The van der Waals surface area contributed by atoms with Crippen molar-refractivity contribution in [1.82, 2.24) is 19.6 Å². The highest BCUT2D eigenvalue weighted by molar-refractivity contribution is 5.86. The van der Waals surface area contributed by atoms with Crippen LogP contribution in [0.1, 0.15) is 24.5 Å². The number of carbonyl (C=O) groups is 2. The van der Waals surface area contributed by atoms with Gasteiger partial charge in [-0.2, -0.15) is 5.10 Å². The minimum absolute atomic E-state index is 0.0212. The number of fused-ring (bicyclic) bond motifs is 1. The molecule has 3 saturated heterocycles. The van der Waals surface area contributed by atoms with Crippen LogP contribution in [-0.4, -0.2) is 56.3 Å². The number of para-hydroxylation sites is 1. The first-order valence-electron chi connectivity index (χ1n) is 10.4. The summed E-state index contributed by atoms with van der Waals surface area (Å²) in [6.45, 7) is 1.30. The summed E-state index contributed by atoms with van der Waals surface area (Å²) in [5, 5.41) is 5.39. The molecular weight excluding hydrogens is 380 g/mol. The van der Waals surface area contributed by atoms with Crippen molar-refractivity contribution in [2.45, 2.75) is 37.3 Å². The maximum Gasteiger partial charge on any atom is 0.244 e. The molecule has 2 amide bonds. The Kier molecular flexibility index (Phi) is 3.77. The third-order valence-corrected chi connectivity index (χ3v) is 6.76. The summed E-state index contributed by atoms with van der Waals surface area (Å²) in [7, 11) is 0. The number of hydrogen-bond donors (Lipinski definition) is 0. The van der Waals surface area contributed by atoms with E-state index >= 15 is 0 Å². The Hall–Kier alpha value is -3.19. The fourth-order valence-corrected chi connectivity index (χ4v) is 5.34. The van der Waals surface area contributed by atoms with E-state index in [4.69, 9.17) is 4.74 Å². The van der Waals surface area contributed by atoms with Gasteiger partial charge in [0.25, 0.3) is 0 Å². The minimum Gasteiger partial charge on any atom is -0.343 e. The van der Waals surface area contributed by atoms with Crippen LogP contribution >= 0.6 is 0 Å². The molecule has 1 spiro atoms. The molecule has 3 aliphatic heterocycles. The predicted octanol–water partition coefficient (Wildman–Crippen LogP) is 2.34. The van der Waals surface area contributed by atoms with Crippen molar-refractivity contribution in [1.29, 1.82) is 0 Å². The van der Waals surface area contributed by atoms with Gasteiger partial charge < -0.3 is 14.5 Å². The van der Waals surface area contributed by atoms with Crippen LogP contribution in [0.15, 0.2) is 60.8 Å². The van der Waals surface area contributed by atoms with Gasteiger partial charge in [0.2, 0.25) is 11.8 Å². The monoisotopic (exact) mass is 402 g/mol. The van der Waals surface area contributed by atoms with Crippen LogP contribution in [0.5, 0.6) is 0 Å². The smallest absolute Gasteiger partial charge is 0.244 e. The number of hydrogen-bond acceptors (Lipinski definition) is 4. The van der Waals surface area contributed by atoms with Gasteiger partial charge in [-0.25, -0.2) is 0 Å². The van der Waals surface area contributed by atoms with Crippen molar-refractivity contribution in [2.24, 2.45) is 0 Å². The molecule has 2 aromatic carbocycles. The topological polar surface area (TPSA) is 67.7 Å². The summed E-state index contributed by atoms with van der Waals surface area (Å²) in [4.78, 5) is 29.7. The van der Waals surface area contributed by atoms with Crippen LogP contribution in [-0.2, 0) is 20.9 Å². The summed E-state index contributed by atoms with van der Waals surface area (Å²) < 4.78 is 8.26. The van der Waals surface area contributed by atoms with Crippen LogP contribution in [0.2, 0.25) is 0 Å². The zero-order valence-electron chi connectivity index (χ0n) is 16.5. The van der Waals surface area contributed by atoms with Gasteiger partial charge in [-0.15, -0.1) is 0 Å². The van der Waals surface area contributed by atoms with E-state index in [1.165, 1.54) is 0 Å². The number of benzene rings is 2. The highest BCUT2D eigenvalue weighted by Crippen LogP contribution is 2.50. The molecule has 7 heteroatoms. The zero-order valence-corrected chi connectivity index (χ0v) is 16.5. The average molecular weight is 402 g/mol. The number of likely N-dealkylation sites (tertiary alicyclic amines) is 1. The quantitative estimate of drug-likeness (QED) is 0.675. The minimum atomic E-state index is -0.695. The largest absolute Gasteiger partial charge is 0.343 e. The summed E-state index contributed by atoms with van der Waals surface area (Å²) in [5.74, 6) is 0.0487. The second-order valence-electron chi connectivity index (χ2n) is 8.28. The van der Waals surface area contributed by atoms with Gasteiger partial charge in [-0.05, 0) is 11.6 Å². The van der Waals surface area contributed by atoms with Crippen molar-refractivity contribution in [3.8, 4) is 0 Å². The summed E-state index contributed by atoms with van der Waals surface area (Å²) in [6.07, 6.45) is 2.60. The molecule has 3 aliphatic rings. The molecule has 1 aromatic heterocycles. The Morgan fingerprint density at radius 3 is 2.80 bits per heavy atom. The lowest BCUT2D eigenvalue weighted by Gasteiger charge is -2.32. The Morgan fingerprint density at radius 2 is 1.93 bits per heavy atom. The molecule has 152 valence electrons. The van der Waals surface area contributed by atoms with E-state index in [0.29, 0.717) is 25.9 Å². The zero-order chi connectivity index (χ0) is 20.3. The van der Waals surface area contributed by atoms with Gasteiger partial charge in [-0.1, -0.05) is 48.5 Å². The molecule has 0 unspecified atom stereocenters. The van der Waals surface area contributed by atoms with E-state index in [9.17, 15) is 9.59 Å². The van der Waals surface area contributed by atoms with Crippen LogP contribution in [0.4, 0.5) is 0 Å². The van der Waals surface area contributed by atoms with Crippen LogP contribution < -0.4 is 0 Å². The Bertz CT molecular complexity index is 1140. The van der Waals surface area contributed by atoms with Gasteiger partial charge in [0.1, 0.15) is 12.6 Å². The maximum absolute atomic E-state index is 13.2. The van der Waals surface area contributed by atoms with E-state index in [1.807, 2.05) is 64.4 Å². The summed E-state index contributed by atoms with van der Waals surface area (Å²) in [5.41, 5.74) is 1.31. The lowest BCUT2D eigenvalue weighted by molar-refractivity contribution is -0.143. The molecular formula is C23H22N4O3. The predicted molar refractivity (Wildman–Crippen MR) is 109 cm³/mol. The van der Waals surface area contributed by atoms with Crippen LogP contribution in [0.3, 0.4) is 0 Å². The second kappa shape index (κ2) is 6.40. The number of rotatable bonds is 3. The van der Waals surface area contributed by atoms with Gasteiger partial charge in [0.15, 0.2) is 5.72 Å². The van der Waals surface area contributed by atoms with E-state index < -0.39 is 5.72 Å². The molecule has 6 rings (SSSR count). The third-order valence-electron chi connectivity index (χ3n) is 6.76. The van der Waals surface area contributed by atoms with Crippen molar-refractivity contribution in [3.05, 3.63) is 66.4 Å². The summed E-state index contributed by atoms with van der Waals surface area (Å²) in [6, 6.07) is 17.6. The molecule has 3 aromatic rings. The van der Waals surface area contributed by atoms with Crippen molar-refractivity contribution >= 4 is 22.7 Å². The Labute approximate surface area is 173 Å². The number of carbonyl (C=O) groups excluding carboxylic acids is 2. The molecule has 30 heavy (non-hydrogen) atoms. The van der Waals surface area contributed by atoms with E-state index in [-0.39, 0.29) is 30.5 Å². The van der Waals surface area contributed by atoms with Crippen molar-refractivity contribution in [2.75, 3.05) is 13.1 Å². The number of amides is 2. The van der Waals surface area contributed by atoms with Gasteiger partial charge >= 0.3 is 0 Å². The molecule has 0 aliphatic carbocycles. The molecule has 7 nitrogen and oxygen atoms in total. The van der Waals surface area contributed by atoms with Crippen LogP contribution in [0, 0.1) is 0 Å². The second-order valence-corrected chi connectivity index (χ2v) is 8.28. The standard InChI is InChI=1S/C23H22N4O3/c28-21-12-20-23(26(21)14-19(30-23)16-6-2-1-3-7-16)10-11-25(20)22(29)15-27-18-9-5-4-8-17(18)13-24-27/h1-9,13,19-20H,10-12,14-15H2/t19-,20-,23+/m1/s1. The van der Waals surface area contributed by atoms with Gasteiger partial charge in [0, 0.05) is 18.4 Å². The molecule has 0 radical (unpaired) electrons. The maximum atomic E-state index is 13.2. The van der Waals surface area contributed by atoms with Crippen LogP contribution in [0.25, 0.3) is 10.9 Å². The fraction of sp³-hybridized carbons (Fsp3) is 0.348. The fourth-order valence-electron chi connectivity index (χ4n) is 5.34. The highest BCUT2D eigenvalue weighted by atomic mass is 16.5. The molecule has 0 bridgehead atoms. The average Bonchev–Trinajstić information content (AvgIpc) is 3.50. The molecule has 0 N–H and O–H groups in total. The van der Waals surface area contributed by atoms with E-state index in [1.54, 1.807) is 10.9 Å². The van der Waals surface area contributed by atoms with Gasteiger partial charge in [0.05, 0.1) is 30.7 Å². The van der Waals surface area contributed by atoms with Crippen molar-refractivity contribution in [3.63, 3.8) is 0 Å². The third kappa shape index (κ3) is 2.45. The first-order valence-corrected chi connectivity index (χ1v) is 10.4. The first-order chi connectivity index (χ1) is 14.7. The first kappa shape index (κ1) is 17.7. The molecule has 4 heterocycles. The number of nitrogens with zero attached hydrogens (tertiary/aromatic N) is 4. The normalized spacial score (nSPS) is 27.7. The van der Waals surface area contributed by atoms with Crippen molar-refractivity contribution < 1.29 is 14.3 Å². The SMILES string of the molecule is O=C(Cn1ncc2ccccc21)N1CC[C@@]23O[C@@H](c4ccccc4)CN2C(=O)C[C@@H]13. The molecule has 3 fully saturated rings. The van der Waals surface area contributed by atoms with E-state index in [0.717, 1.165) is 16.5 Å². The Balaban J connectivity index is 1.26.